The highest BCUT2D eigenvalue weighted by molar-refractivity contribution is 7.92. The molecular weight excluding hydrogens is 340 g/mol. The Bertz CT molecular complexity index is 850. The van der Waals surface area contributed by atoms with E-state index >= 15 is 0 Å². The third kappa shape index (κ3) is 5.22. The maximum Gasteiger partial charge on any atom is 0.245 e. The third-order valence-electron chi connectivity index (χ3n) is 3.42. The number of para-hydroxylation sites is 2. The predicted molar refractivity (Wildman–Crippen MR) is 99.6 cm³/mol. The van der Waals surface area contributed by atoms with E-state index in [1.165, 1.54) is 0 Å². The van der Waals surface area contributed by atoms with Gasteiger partial charge in [-0.1, -0.05) is 24.3 Å². The van der Waals surface area contributed by atoms with Gasteiger partial charge in [0.25, 0.3) is 0 Å². The molecule has 134 valence electrons. The second-order valence-corrected chi connectivity index (χ2v) is 7.49. The standard InChI is InChI=1S/C18H22N2O4S/c1-4-24-17-11-6-5-10-16(17)20(25(3,22)23)13-18(21)19-15-9-7-8-14(2)12-15/h5-12H,4,13H2,1-3H3,(H,19,21). The van der Waals surface area contributed by atoms with Gasteiger partial charge in [0.05, 0.1) is 18.6 Å². The van der Waals surface area contributed by atoms with E-state index in [1.807, 2.05) is 32.0 Å². The fourth-order valence-corrected chi connectivity index (χ4v) is 3.24. The van der Waals surface area contributed by atoms with Crippen molar-refractivity contribution in [1.82, 2.24) is 0 Å². The number of benzene rings is 2. The van der Waals surface area contributed by atoms with Gasteiger partial charge in [0, 0.05) is 5.69 Å². The highest BCUT2D eigenvalue weighted by atomic mass is 32.2. The van der Waals surface area contributed by atoms with Crippen LogP contribution in [0.25, 0.3) is 0 Å². The molecule has 6 nitrogen and oxygen atoms in total. The van der Waals surface area contributed by atoms with Crippen LogP contribution in [0.3, 0.4) is 0 Å². The molecule has 0 aliphatic carbocycles. The Kier molecular flexibility index (Phi) is 6.03. The summed E-state index contributed by atoms with van der Waals surface area (Å²) in [6.07, 6.45) is 1.07. The van der Waals surface area contributed by atoms with Crippen LogP contribution in [0.4, 0.5) is 11.4 Å². The van der Waals surface area contributed by atoms with Crippen LogP contribution in [0.1, 0.15) is 12.5 Å². The average Bonchev–Trinajstić information content (AvgIpc) is 2.53. The van der Waals surface area contributed by atoms with E-state index in [9.17, 15) is 13.2 Å². The molecule has 0 fully saturated rings. The lowest BCUT2D eigenvalue weighted by Crippen LogP contribution is -2.37. The smallest absolute Gasteiger partial charge is 0.245 e. The lowest BCUT2D eigenvalue weighted by molar-refractivity contribution is -0.114. The number of carbonyl (C=O) groups excluding carboxylic acids is 1. The van der Waals surface area contributed by atoms with E-state index in [0.29, 0.717) is 23.7 Å². The van der Waals surface area contributed by atoms with E-state index < -0.39 is 15.9 Å². The zero-order chi connectivity index (χ0) is 18.4. The Morgan fingerprint density at radius 2 is 1.88 bits per heavy atom. The van der Waals surface area contributed by atoms with Crippen molar-refractivity contribution in [3.05, 3.63) is 54.1 Å². The molecule has 0 atom stereocenters. The number of sulfonamides is 1. The van der Waals surface area contributed by atoms with E-state index in [-0.39, 0.29) is 6.54 Å². The largest absolute Gasteiger partial charge is 0.492 e. The van der Waals surface area contributed by atoms with Gasteiger partial charge in [0.1, 0.15) is 12.3 Å². The van der Waals surface area contributed by atoms with E-state index in [0.717, 1.165) is 16.1 Å². The monoisotopic (exact) mass is 362 g/mol. The quantitative estimate of drug-likeness (QED) is 0.822. The minimum atomic E-state index is -3.66. The molecule has 0 aromatic heterocycles. The number of nitrogens with zero attached hydrogens (tertiary/aromatic N) is 1. The van der Waals surface area contributed by atoms with E-state index in [2.05, 4.69) is 5.32 Å². The van der Waals surface area contributed by atoms with Gasteiger partial charge >= 0.3 is 0 Å². The molecule has 0 radical (unpaired) electrons. The molecule has 0 unspecified atom stereocenters. The van der Waals surface area contributed by atoms with Crippen LogP contribution >= 0.6 is 0 Å². The van der Waals surface area contributed by atoms with Gasteiger partial charge in [-0.2, -0.15) is 0 Å². The molecule has 0 spiro atoms. The summed E-state index contributed by atoms with van der Waals surface area (Å²) in [4.78, 5) is 12.4. The van der Waals surface area contributed by atoms with E-state index in [4.69, 9.17) is 4.74 Å². The first-order valence-corrected chi connectivity index (χ1v) is 9.72. The number of hydrogen-bond acceptors (Lipinski definition) is 4. The summed E-state index contributed by atoms with van der Waals surface area (Å²) >= 11 is 0. The molecule has 1 amide bonds. The first-order valence-electron chi connectivity index (χ1n) is 7.87. The van der Waals surface area contributed by atoms with Crippen molar-refractivity contribution in [2.75, 3.05) is 29.0 Å². The maximum absolute atomic E-state index is 12.4. The summed E-state index contributed by atoms with van der Waals surface area (Å²) in [5, 5.41) is 2.72. The van der Waals surface area contributed by atoms with Crippen molar-refractivity contribution in [2.45, 2.75) is 13.8 Å². The summed E-state index contributed by atoms with van der Waals surface area (Å²) in [6.45, 7) is 3.78. The normalized spacial score (nSPS) is 11.0. The van der Waals surface area contributed by atoms with Gasteiger partial charge in [-0.15, -0.1) is 0 Å². The van der Waals surface area contributed by atoms with Gasteiger partial charge in [0.15, 0.2) is 0 Å². The lowest BCUT2D eigenvalue weighted by Gasteiger charge is -2.24. The minimum Gasteiger partial charge on any atom is -0.492 e. The molecule has 2 aromatic rings. The first kappa shape index (κ1) is 18.8. The Morgan fingerprint density at radius 1 is 1.16 bits per heavy atom. The van der Waals surface area contributed by atoms with Gasteiger partial charge in [-0.3, -0.25) is 9.10 Å². The van der Waals surface area contributed by atoms with Crippen LogP contribution < -0.4 is 14.4 Å². The molecule has 0 saturated carbocycles. The summed E-state index contributed by atoms with van der Waals surface area (Å²) in [5.41, 5.74) is 1.96. The van der Waals surface area contributed by atoms with Gasteiger partial charge < -0.3 is 10.1 Å². The van der Waals surface area contributed by atoms with Gasteiger partial charge in [0.2, 0.25) is 15.9 Å². The zero-order valence-electron chi connectivity index (χ0n) is 14.5. The van der Waals surface area contributed by atoms with Crippen LogP contribution in [0, 0.1) is 6.92 Å². The second-order valence-electron chi connectivity index (χ2n) is 5.59. The number of nitrogens with one attached hydrogen (secondary N) is 1. The molecule has 7 heteroatoms. The highest BCUT2D eigenvalue weighted by Gasteiger charge is 2.23. The van der Waals surface area contributed by atoms with Gasteiger partial charge in [-0.25, -0.2) is 8.42 Å². The number of carbonyl (C=O) groups is 1. The van der Waals surface area contributed by atoms with Crippen LogP contribution in [0.2, 0.25) is 0 Å². The number of aryl methyl sites for hydroxylation is 1. The van der Waals surface area contributed by atoms with Crippen molar-refractivity contribution < 1.29 is 17.9 Å². The fourth-order valence-electron chi connectivity index (χ4n) is 2.38. The number of ether oxygens (including phenoxy) is 1. The predicted octanol–water partition coefficient (Wildman–Crippen LogP) is 2.80. The number of amides is 1. The van der Waals surface area contributed by atoms with Crippen molar-refractivity contribution >= 4 is 27.3 Å². The minimum absolute atomic E-state index is 0.336. The van der Waals surface area contributed by atoms with Crippen LogP contribution in [-0.2, 0) is 14.8 Å². The maximum atomic E-state index is 12.4. The van der Waals surface area contributed by atoms with Crippen LogP contribution in [-0.4, -0.2) is 33.7 Å². The Morgan fingerprint density at radius 3 is 2.52 bits per heavy atom. The number of hydrogen-bond donors (Lipinski definition) is 1. The second kappa shape index (κ2) is 8.02. The molecule has 2 aromatic carbocycles. The summed E-state index contributed by atoms with van der Waals surface area (Å²) in [7, 11) is -3.66. The molecule has 0 aliphatic heterocycles. The molecule has 2 rings (SSSR count). The molecule has 25 heavy (non-hydrogen) atoms. The van der Waals surface area contributed by atoms with E-state index in [1.54, 1.807) is 30.3 Å². The summed E-state index contributed by atoms with van der Waals surface area (Å²) < 4.78 is 31.0. The Hall–Kier alpha value is -2.54. The molecule has 0 saturated heterocycles. The third-order valence-corrected chi connectivity index (χ3v) is 4.55. The Balaban J connectivity index is 2.26. The molecule has 0 heterocycles. The molecule has 1 N–H and O–H groups in total. The number of anilines is 2. The first-order chi connectivity index (χ1) is 11.8. The van der Waals surface area contributed by atoms with Crippen molar-refractivity contribution in [3.63, 3.8) is 0 Å². The summed E-state index contributed by atoms with van der Waals surface area (Å²) in [6, 6.07) is 14.1. The fraction of sp³-hybridized carbons (Fsp3) is 0.278. The molecule has 0 bridgehead atoms. The Labute approximate surface area is 148 Å². The number of rotatable bonds is 7. The van der Waals surface area contributed by atoms with Crippen LogP contribution in [0.5, 0.6) is 5.75 Å². The zero-order valence-corrected chi connectivity index (χ0v) is 15.3. The SMILES string of the molecule is CCOc1ccccc1N(CC(=O)Nc1cccc(C)c1)S(C)(=O)=O. The van der Waals surface area contributed by atoms with Crippen molar-refractivity contribution in [1.29, 1.82) is 0 Å². The van der Waals surface area contributed by atoms with Gasteiger partial charge in [-0.05, 0) is 43.7 Å². The van der Waals surface area contributed by atoms with Crippen LogP contribution in [0.15, 0.2) is 48.5 Å². The van der Waals surface area contributed by atoms with Crippen molar-refractivity contribution in [3.8, 4) is 5.75 Å². The molecule has 0 aliphatic rings. The lowest BCUT2D eigenvalue weighted by atomic mass is 10.2. The topological polar surface area (TPSA) is 75.7 Å². The molecular formula is C18H22N2O4S. The van der Waals surface area contributed by atoms with Crippen molar-refractivity contribution in [2.24, 2.45) is 0 Å². The average molecular weight is 362 g/mol. The highest BCUT2D eigenvalue weighted by Crippen LogP contribution is 2.29. The summed E-state index contributed by atoms with van der Waals surface area (Å²) in [5.74, 6) is -0.0129.